The van der Waals surface area contributed by atoms with Crippen molar-refractivity contribution in [3.05, 3.63) is 82.2 Å². The van der Waals surface area contributed by atoms with Crippen molar-refractivity contribution in [1.82, 2.24) is 4.98 Å². The fraction of sp³-hybridized carbons (Fsp3) is 0.0556. The summed E-state index contributed by atoms with van der Waals surface area (Å²) in [6.07, 6.45) is 3.62. The Morgan fingerprint density at radius 2 is 1.73 bits per heavy atom. The number of aromatic nitrogens is 1. The van der Waals surface area contributed by atoms with E-state index >= 15 is 0 Å². The molecule has 2 aromatic carbocycles. The maximum Gasteiger partial charge on any atom is 0.143 e. The standard InChI is InChI=1S/C18H15IN2O/c19-15-10-16(12-20-11-15)21-17-8-4-5-9-18(17)22-13-14-6-2-1-3-7-14/h1-12,21H,13H2. The highest BCUT2D eigenvalue weighted by Gasteiger charge is 2.04. The molecule has 3 aromatic rings. The Hall–Kier alpha value is -2.08. The molecule has 0 radical (unpaired) electrons. The molecule has 1 N–H and O–H groups in total. The zero-order valence-electron chi connectivity index (χ0n) is 11.9. The molecular formula is C18H15IN2O. The molecule has 0 aliphatic heterocycles. The lowest BCUT2D eigenvalue weighted by molar-refractivity contribution is 0.308. The Kier molecular flexibility index (Phi) is 4.90. The second kappa shape index (κ2) is 7.26. The molecule has 4 heteroatoms. The van der Waals surface area contributed by atoms with Crippen molar-refractivity contribution < 1.29 is 4.74 Å². The fourth-order valence-electron chi connectivity index (χ4n) is 2.07. The molecule has 1 aromatic heterocycles. The number of hydrogen-bond acceptors (Lipinski definition) is 3. The van der Waals surface area contributed by atoms with Crippen LogP contribution in [0, 0.1) is 3.57 Å². The summed E-state index contributed by atoms with van der Waals surface area (Å²) in [4.78, 5) is 4.19. The van der Waals surface area contributed by atoms with Crippen molar-refractivity contribution in [2.75, 3.05) is 5.32 Å². The quantitative estimate of drug-likeness (QED) is 0.610. The molecular weight excluding hydrogens is 387 g/mol. The molecule has 1 heterocycles. The van der Waals surface area contributed by atoms with Crippen LogP contribution >= 0.6 is 22.6 Å². The van der Waals surface area contributed by atoms with Gasteiger partial charge in [0.05, 0.1) is 17.6 Å². The van der Waals surface area contributed by atoms with E-state index in [9.17, 15) is 0 Å². The minimum Gasteiger partial charge on any atom is -0.487 e. The molecule has 0 bridgehead atoms. The van der Waals surface area contributed by atoms with Crippen molar-refractivity contribution in [3.63, 3.8) is 0 Å². The Labute approximate surface area is 143 Å². The highest BCUT2D eigenvalue weighted by atomic mass is 127. The molecule has 0 atom stereocenters. The second-order valence-corrected chi connectivity index (χ2v) is 6.03. The maximum absolute atomic E-state index is 5.94. The van der Waals surface area contributed by atoms with Gasteiger partial charge in [-0.05, 0) is 46.4 Å². The van der Waals surface area contributed by atoms with Crippen molar-refractivity contribution in [2.45, 2.75) is 6.61 Å². The van der Waals surface area contributed by atoms with E-state index in [0.717, 1.165) is 26.3 Å². The predicted octanol–water partition coefficient (Wildman–Crippen LogP) is 5.01. The number of nitrogens with one attached hydrogen (secondary N) is 1. The molecule has 0 spiro atoms. The number of ether oxygens (including phenoxy) is 1. The maximum atomic E-state index is 5.94. The van der Waals surface area contributed by atoms with Crippen LogP contribution in [0.5, 0.6) is 5.75 Å². The molecule has 22 heavy (non-hydrogen) atoms. The summed E-state index contributed by atoms with van der Waals surface area (Å²) in [5.41, 5.74) is 3.03. The molecule has 0 fully saturated rings. The SMILES string of the molecule is Ic1cncc(Nc2ccccc2OCc2ccccc2)c1. The van der Waals surface area contributed by atoms with Gasteiger partial charge in [0.1, 0.15) is 12.4 Å². The van der Waals surface area contributed by atoms with Crippen LogP contribution in [0.4, 0.5) is 11.4 Å². The van der Waals surface area contributed by atoms with Crippen molar-refractivity contribution in [2.24, 2.45) is 0 Å². The Balaban J connectivity index is 1.75. The van der Waals surface area contributed by atoms with Gasteiger partial charge in [-0.2, -0.15) is 0 Å². The summed E-state index contributed by atoms with van der Waals surface area (Å²) in [6, 6.07) is 20.1. The molecule has 3 rings (SSSR count). The van der Waals surface area contributed by atoms with Gasteiger partial charge in [0.25, 0.3) is 0 Å². The third-order valence-electron chi connectivity index (χ3n) is 3.11. The Morgan fingerprint density at radius 1 is 0.955 bits per heavy atom. The van der Waals surface area contributed by atoms with Crippen LogP contribution in [0.1, 0.15) is 5.56 Å². The summed E-state index contributed by atoms with van der Waals surface area (Å²) < 4.78 is 7.03. The van der Waals surface area contributed by atoms with Gasteiger partial charge in [-0.3, -0.25) is 4.98 Å². The normalized spacial score (nSPS) is 10.2. The van der Waals surface area contributed by atoms with Gasteiger partial charge < -0.3 is 10.1 Å². The monoisotopic (exact) mass is 402 g/mol. The van der Waals surface area contributed by atoms with E-state index in [1.54, 1.807) is 6.20 Å². The van der Waals surface area contributed by atoms with E-state index in [0.29, 0.717) is 6.61 Å². The van der Waals surface area contributed by atoms with Crippen molar-refractivity contribution in [3.8, 4) is 5.75 Å². The van der Waals surface area contributed by atoms with Crippen LogP contribution < -0.4 is 10.1 Å². The van der Waals surface area contributed by atoms with Gasteiger partial charge >= 0.3 is 0 Å². The highest BCUT2D eigenvalue weighted by Crippen LogP contribution is 2.28. The summed E-state index contributed by atoms with van der Waals surface area (Å²) in [5.74, 6) is 0.824. The third kappa shape index (κ3) is 3.98. The van der Waals surface area contributed by atoms with E-state index in [2.05, 4.69) is 45.0 Å². The van der Waals surface area contributed by atoms with E-state index in [1.807, 2.05) is 54.7 Å². The largest absolute Gasteiger partial charge is 0.487 e. The molecule has 0 amide bonds. The fourth-order valence-corrected chi connectivity index (χ4v) is 2.56. The lowest BCUT2D eigenvalue weighted by Gasteiger charge is -2.13. The topological polar surface area (TPSA) is 34.2 Å². The van der Waals surface area contributed by atoms with Crippen LogP contribution in [0.2, 0.25) is 0 Å². The molecule has 0 saturated heterocycles. The number of para-hydroxylation sites is 2. The van der Waals surface area contributed by atoms with Crippen LogP contribution in [0.3, 0.4) is 0 Å². The van der Waals surface area contributed by atoms with E-state index in [4.69, 9.17) is 4.74 Å². The van der Waals surface area contributed by atoms with Gasteiger partial charge in [0.15, 0.2) is 0 Å². The first-order valence-electron chi connectivity index (χ1n) is 6.94. The number of halogens is 1. The summed E-state index contributed by atoms with van der Waals surface area (Å²) in [7, 11) is 0. The molecule has 0 aliphatic rings. The Morgan fingerprint density at radius 3 is 2.55 bits per heavy atom. The number of anilines is 2. The van der Waals surface area contributed by atoms with Crippen molar-refractivity contribution in [1.29, 1.82) is 0 Å². The third-order valence-corrected chi connectivity index (χ3v) is 3.70. The van der Waals surface area contributed by atoms with E-state index < -0.39 is 0 Å². The van der Waals surface area contributed by atoms with Crippen LogP contribution in [0.25, 0.3) is 0 Å². The number of pyridine rings is 1. The average molecular weight is 402 g/mol. The summed E-state index contributed by atoms with van der Waals surface area (Å²) in [6.45, 7) is 0.546. The van der Waals surface area contributed by atoms with Crippen molar-refractivity contribution >= 4 is 34.0 Å². The number of benzene rings is 2. The summed E-state index contributed by atoms with van der Waals surface area (Å²) >= 11 is 2.25. The highest BCUT2D eigenvalue weighted by molar-refractivity contribution is 14.1. The molecule has 110 valence electrons. The summed E-state index contributed by atoms with van der Waals surface area (Å²) in [5, 5.41) is 3.36. The zero-order valence-corrected chi connectivity index (χ0v) is 14.0. The van der Waals surface area contributed by atoms with Gasteiger partial charge in [-0.25, -0.2) is 0 Å². The second-order valence-electron chi connectivity index (χ2n) is 4.79. The molecule has 3 nitrogen and oxygen atoms in total. The van der Waals surface area contributed by atoms with Gasteiger partial charge in [-0.15, -0.1) is 0 Å². The minimum absolute atomic E-state index is 0.546. The van der Waals surface area contributed by atoms with Crippen LogP contribution in [0.15, 0.2) is 73.1 Å². The zero-order chi connectivity index (χ0) is 15.2. The first kappa shape index (κ1) is 14.8. The van der Waals surface area contributed by atoms with Gasteiger partial charge in [-0.1, -0.05) is 42.5 Å². The van der Waals surface area contributed by atoms with E-state index in [-0.39, 0.29) is 0 Å². The van der Waals surface area contributed by atoms with Gasteiger partial charge in [0, 0.05) is 9.77 Å². The molecule has 0 unspecified atom stereocenters. The first-order chi connectivity index (χ1) is 10.8. The minimum atomic E-state index is 0.546. The number of rotatable bonds is 5. The van der Waals surface area contributed by atoms with Gasteiger partial charge in [0.2, 0.25) is 0 Å². The first-order valence-corrected chi connectivity index (χ1v) is 8.02. The molecule has 0 saturated carbocycles. The smallest absolute Gasteiger partial charge is 0.143 e. The number of nitrogens with zero attached hydrogens (tertiary/aromatic N) is 1. The average Bonchev–Trinajstić information content (AvgIpc) is 2.55. The number of hydrogen-bond donors (Lipinski definition) is 1. The van der Waals surface area contributed by atoms with Crippen LogP contribution in [-0.4, -0.2) is 4.98 Å². The van der Waals surface area contributed by atoms with Crippen LogP contribution in [-0.2, 0) is 6.61 Å². The van der Waals surface area contributed by atoms with E-state index in [1.165, 1.54) is 0 Å². The molecule has 0 aliphatic carbocycles. The lowest BCUT2D eigenvalue weighted by atomic mass is 10.2. The Bertz CT molecular complexity index is 747. The lowest BCUT2D eigenvalue weighted by Crippen LogP contribution is -1.99. The predicted molar refractivity (Wildman–Crippen MR) is 97.5 cm³/mol.